The number of aliphatic hydroxyl groups excluding tert-OH is 1. The first kappa shape index (κ1) is 16.1. The Hall–Kier alpha value is -1.30. The summed E-state index contributed by atoms with van der Waals surface area (Å²) in [4.78, 5) is 14.2. The average molecular weight is 295 g/mol. The highest BCUT2D eigenvalue weighted by atomic mass is 19.1. The number of Topliss-reactive ketones (excluding diaryl/α,β-unsaturated/α-hetero) is 1. The van der Waals surface area contributed by atoms with Gasteiger partial charge >= 0.3 is 0 Å². The number of hydrogen-bond acceptors (Lipinski definition) is 4. The number of rotatable bonds is 6. The van der Waals surface area contributed by atoms with E-state index in [-0.39, 0.29) is 30.4 Å². The van der Waals surface area contributed by atoms with Gasteiger partial charge in [-0.05, 0) is 44.2 Å². The minimum absolute atomic E-state index is 0.0232. The molecule has 0 saturated carbocycles. The van der Waals surface area contributed by atoms with Gasteiger partial charge in [0.1, 0.15) is 5.82 Å². The van der Waals surface area contributed by atoms with Gasteiger partial charge in [0.25, 0.3) is 0 Å². The molecule has 1 fully saturated rings. The van der Waals surface area contributed by atoms with E-state index in [9.17, 15) is 14.3 Å². The zero-order valence-electron chi connectivity index (χ0n) is 12.3. The van der Waals surface area contributed by atoms with Crippen molar-refractivity contribution in [1.29, 1.82) is 0 Å². The Kier molecular flexibility index (Phi) is 5.85. The molecular weight excluding hydrogens is 273 g/mol. The third kappa shape index (κ3) is 4.88. The smallest absolute Gasteiger partial charge is 0.162 e. The molecule has 0 aliphatic carbocycles. The Labute approximate surface area is 124 Å². The van der Waals surface area contributed by atoms with E-state index in [0.717, 1.165) is 19.5 Å². The quantitative estimate of drug-likeness (QED) is 0.814. The number of benzene rings is 1. The van der Waals surface area contributed by atoms with Crippen LogP contribution in [0, 0.1) is 5.82 Å². The van der Waals surface area contributed by atoms with Crippen molar-refractivity contribution in [1.82, 2.24) is 4.90 Å². The number of carbonyl (C=O) groups excluding carboxylic acids is 1. The summed E-state index contributed by atoms with van der Waals surface area (Å²) in [6.45, 7) is 4.33. The minimum atomic E-state index is -0.330. The molecule has 1 aromatic rings. The van der Waals surface area contributed by atoms with Crippen LogP contribution in [0.1, 0.15) is 30.1 Å². The maximum Gasteiger partial charge on any atom is 0.162 e. The standard InChI is InChI=1S/C16H22FNO3/c1-12-9-18(10-15(11-19)21-12)8-2-3-16(20)13-4-6-14(17)7-5-13/h4-7,12,15,19H,2-3,8-11H2,1H3. The molecule has 0 aromatic heterocycles. The van der Waals surface area contributed by atoms with Crippen LogP contribution in [-0.2, 0) is 4.74 Å². The van der Waals surface area contributed by atoms with Gasteiger partial charge in [0, 0.05) is 25.1 Å². The lowest BCUT2D eigenvalue weighted by Crippen LogP contribution is -2.48. The Morgan fingerprint density at radius 3 is 2.76 bits per heavy atom. The van der Waals surface area contributed by atoms with Crippen LogP contribution in [-0.4, -0.2) is 54.2 Å². The molecule has 2 atom stereocenters. The van der Waals surface area contributed by atoms with Crippen LogP contribution in [0.25, 0.3) is 0 Å². The van der Waals surface area contributed by atoms with E-state index in [2.05, 4.69) is 4.90 Å². The van der Waals surface area contributed by atoms with E-state index in [1.54, 1.807) is 0 Å². The van der Waals surface area contributed by atoms with Crippen molar-refractivity contribution in [3.05, 3.63) is 35.6 Å². The maximum absolute atomic E-state index is 12.8. The summed E-state index contributed by atoms with van der Waals surface area (Å²) < 4.78 is 18.4. The molecule has 5 heteroatoms. The fourth-order valence-electron chi connectivity index (χ4n) is 2.67. The van der Waals surface area contributed by atoms with Crippen molar-refractivity contribution in [2.75, 3.05) is 26.2 Å². The molecule has 2 rings (SSSR count). The van der Waals surface area contributed by atoms with Gasteiger partial charge in [0.2, 0.25) is 0 Å². The maximum atomic E-state index is 12.8. The first-order chi connectivity index (χ1) is 10.1. The SMILES string of the molecule is CC1CN(CCCC(=O)c2ccc(F)cc2)CC(CO)O1. The molecule has 21 heavy (non-hydrogen) atoms. The van der Waals surface area contributed by atoms with Crippen LogP contribution in [0.2, 0.25) is 0 Å². The summed E-state index contributed by atoms with van der Waals surface area (Å²) in [5, 5.41) is 9.17. The molecule has 1 aliphatic rings. The average Bonchev–Trinajstić information content (AvgIpc) is 2.47. The number of nitrogens with zero attached hydrogens (tertiary/aromatic N) is 1. The fourth-order valence-corrected chi connectivity index (χ4v) is 2.67. The molecule has 1 N–H and O–H groups in total. The molecule has 1 heterocycles. The van der Waals surface area contributed by atoms with Crippen LogP contribution in [0.5, 0.6) is 0 Å². The van der Waals surface area contributed by atoms with Gasteiger partial charge in [-0.3, -0.25) is 9.69 Å². The van der Waals surface area contributed by atoms with Crippen LogP contribution in [0.4, 0.5) is 4.39 Å². The van der Waals surface area contributed by atoms with Crippen molar-refractivity contribution in [2.24, 2.45) is 0 Å². The van der Waals surface area contributed by atoms with Crippen molar-refractivity contribution < 1.29 is 19.0 Å². The third-order valence-corrected chi connectivity index (χ3v) is 3.65. The Morgan fingerprint density at radius 1 is 1.38 bits per heavy atom. The van der Waals surface area contributed by atoms with Gasteiger partial charge in [0.05, 0.1) is 18.8 Å². The number of hydrogen-bond donors (Lipinski definition) is 1. The molecular formula is C16H22FNO3. The number of aliphatic hydroxyl groups is 1. The van der Waals surface area contributed by atoms with Gasteiger partial charge in [-0.15, -0.1) is 0 Å². The fraction of sp³-hybridized carbons (Fsp3) is 0.562. The first-order valence-corrected chi connectivity index (χ1v) is 7.36. The second-order valence-electron chi connectivity index (χ2n) is 5.54. The molecule has 0 spiro atoms. The van der Waals surface area contributed by atoms with Crippen molar-refractivity contribution in [2.45, 2.75) is 32.0 Å². The predicted molar refractivity (Wildman–Crippen MR) is 77.8 cm³/mol. The van der Waals surface area contributed by atoms with E-state index >= 15 is 0 Å². The summed E-state index contributed by atoms with van der Waals surface area (Å²) >= 11 is 0. The normalized spacial score (nSPS) is 23.2. The van der Waals surface area contributed by atoms with Crippen LogP contribution >= 0.6 is 0 Å². The number of carbonyl (C=O) groups is 1. The summed E-state index contributed by atoms with van der Waals surface area (Å²) in [5.41, 5.74) is 0.556. The van der Waals surface area contributed by atoms with Crippen molar-refractivity contribution in [3.8, 4) is 0 Å². The monoisotopic (exact) mass is 295 g/mol. The predicted octanol–water partition coefficient (Wildman–Crippen LogP) is 1.87. The summed E-state index contributed by atoms with van der Waals surface area (Å²) in [6, 6.07) is 5.66. The van der Waals surface area contributed by atoms with E-state index in [4.69, 9.17) is 4.74 Å². The summed E-state index contributed by atoms with van der Waals surface area (Å²) in [7, 11) is 0. The number of morpholine rings is 1. The molecule has 1 aromatic carbocycles. The van der Waals surface area contributed by atoms with Gasteiger partial charge in [-0.25, -0.2) is 4.39 Å². The first-order valence-electron chi connectivity index (χ1n) is 7.36. The lowest BCUT2D eigenvalue weighted by molar-refractivity contribution is -0.0951. The zero-order valence-corrected chi connectivity index (χ0v) is 12.3. The zero-order chi connectivity index (χ0) is 15.2. The summed E-state index contributed by atoms with van der Waals surface area (Å²) in [6.07, 6.45) is 1.16. The van der Waals surface area contributed by atoms with Gasteiger partial charge in [0.15, 0.2) is 5.78 Å². The second kappa shape index (κ2) is 7.64. The van der Waals surface area contributed by atoms with Crippen LogP contribution in [0.15, 0.2) is 24.3 Å². The Morgan fingerprint density at radius 2 is 2.10 bits per heavy atom. The molecule has 0 radical (unpaired) electrons. The van der Waals surface area contributed by atoms with E-state index in [1.807, 2.05) is 6.92 Å². The second-order valence-corrected chi connectivity index (χ2v) is 5.54. The largest absolute Gasteiger partial charge is 0.394 e. The van der Waals surface area contributed by atoms with Gasteiger partial charge < -0.3 is 9.84 Å². The highest BCUT2D eigenvalue weighted by Gasteiger charge is 2.24. The van der Waals surface area contributed by atoms with E-state index < -0.39 is 0 Å². The lowest BCUT2D eigenvalue weighted by Gasteiger charge is -2.36. The number of halogens is 1. The Bertz CT molecular complexity index is 463. The topological polar surface area (TPSA) is 49.8 Å². The highest BCUT2D eigenvalue weighted by molar-refractivity contribution is 5.95. The molecule has 1 aliphatic heterocycles. The lowest BCUT2D eigenvalue weighted by atomic mass is 10.1. The van der Waals surface area contributed by atoms with E-state index in [1.165, 1.54) is 24.3 Å². The van der Waals surface area contributed by atoms with Gasteiger partial charge in [-0.2, -0.15) is 0 Å². The van der Waals surface area contributed by atoms with Crippen molar-refractivity contribution >= 4 is 5.78 Å². The van der Waals surface area contributed by atoms with Crippen LogP contribution in [0.3, 0.4) is 0 Å². The molecule has 0 bridgehead atoms. The molecule has 0 amide bonds. The molecule has 4 nitrogen and oxygen atoms in total. The van der Waals surface area contributed by atoms with E-state index in [0.29, 0.717) is 18.5 Å². The molecule has 2 unspecified atom stereocenters. The highest BCUT2D eigenvalue weighted by Crippen LogP contribution is 2.13. The van der Waals surface area contributed by atoms with Crippen LogP contribution < -0.4 is 0 Å². The Balaban J connectivity index is 1.76. The molecule has 1 saturated heterocycles. The summed E-state index contributed by atoms with van der Waals surface area (Å²) in [5.74, 6) is -0.293. The third-order valence-electron chi connectivity index (χ3n) is 3.65. The van der Waals surface area contributed by atoms with Gasteiger partial charge in [-0.1, -0.05) is 0 Å². The minimum Gasteiger partial charge on any atom is -0.394 e. The number of ether oxygens (including phenoxy) is 1. The number of ketones is 1. The van der Waals surface area contributed by atoms with Crippen molar-refractivity contribution in [3.63, 3.8) is 0 Å². The molecule has 116 valence electrons.